The van der Waals surface area contributed by atoms with Crippen molar-refractivity contribution in [3.63, 3.8) is 0 Å². The SMILES string of the molecule is N#CC1CS(=O)(=O)CC[C@H]1n1cc(C(N)=O)c(Nc2ccc(F)cc2)n1. The summed E-state index contributed by atoms with van der Waals surface area (Å²) in [7, 11) is -3.26. The Hall–Kier alpha value is -2.93. The van der Waals surface area contributed by atoms with Crippen LogP contribution in [0.3, 0.4) is 0 Å². The van der Waals surface area contributed by atoms with Gasteiger partial charge in [-0.25, -0.2) is 12.8 Å². The molecule has 0 spiro atoms. The van der Waals surface area contributed by atoms with Crippen LogP contribution in [-0.2, 0) is 9.84 Å². The lowest BCUT2D eigenvalue weighted by Gasteiger charge is -2.26. The number of amides is 1. The molecule has 136 valence electrons. The maximum Gasteiger partial charge on any atom is 0.254 e. The van der Waals surface area contributed by atoms with Gasteiger partial charge in [0.1, 0.15) is 11.4 Å². The van der Waals surface area contributed by atoms with Gasteiger partial charge in [0.05, 0.1) is 29.5 Å². The number of anilines is 2. The van der Waals surface area contributed by atoms with Crippen molar-refractivity contribution in [3.05, 3.63) is 41.8 Å². The third-order valence-electron chi connectivity index (χ3n) is 4.23. The number of benzene rings is 1. The van der Waals surface area contributed by atoms with Crippen LogP contribution in [0.25, 0.3) is 0 Å². The molecule has 1 aromatic heterocycles. The van der Waals surface area contributed by atoms with E-state index in [9.17, 15) is 22.9 Å². The van der Waals surface area contributed by atoms with E-state index in [1.54, 1.807) is 0 Å². The summed E-state index contributed by atoms with van der Waals surface area (Å²) in [4.78, 5) is 11.7. The Balaban J connectivity index is 1.93. The minimum absolute atomic E-state index is 0.0532. The van der Waals surface area contributed by atoms with Crippen molar-refractivity contribution in [1.29, 1.82) is 5.26 Å². The second kappa shape index (κ2) is 6.76. The molecule has 0 radical (unpaired) electrons. The van der Waals surface area contributed by atoms with Crippen LogP contribution in [0.5, 0.6) is 0 Å². The van der Waals surface area contributed by atoms with Gasteiger partial charge in [-0.2, -0.15) is 10.4 Å². The van der Waals surface area contributed by atoms with Crippen molar-refractivity contribution in [1.82, 2.24) is 9.78 Å². The molecule has 8 nitrogen and oxygen atoms in total. The molecule has 1 amide bonds. The molecule has 26 heavy (non-hydrogen) atoms. The van der Waals surface area contributed by atoms with Crippen LogP contribution < -0.4 is 11.1 Å². The number of carbonyl (C=O) groups is 1. The summed E-state index contributed by atoms with van der Waals surface area (Å²) in [6, 6.07) is 6.98. The monoisotopic (exact) mass is 377 g/mol. The van der Waals surface area contributed by atoms with E-state index in [2.05, 4.69) is 10.4 Å². The second-order valence-electron chi connectivity index (χ2n) is 6.07. The highest BCUT2D eigenvalue weighted by Crippen LogP contribution is 2.31. The van der Waals surface area contributed by atoms with Crippen molar-refractivity contribution in [2.24, 2.45) is 11.7 Å². The van der Waals surface area contributed by atoms with Gasteiger partial charge >= 0.3 is 0 Å². The highest BCUT2D eigenvalue weighted by molar-refractivity contribution is 7.91. The lowest BCUT2D eigenvalue weighted by atomic mass is 10.0. The molecule has 3 N–H and O–H groups in total. The largest absolute Gasteiger partial charge is 0.365 e. The van der Waals surface area contributed by atoms with Gasteiger partial charge in [0.25, 0.3) is 5.91 Å². The summed E-state index contributed by atoms with van der Waals surface area (Å²) < 4.78 is 37.9. The molecule has 1 aromatic carbocycles. The Morgan fingerprint density at radius 1 is 1.38 bits per heavy atom. The van der Waals surface area contributed by atoms with Crippen LogP contribution in [0.4, 0.5) is 15.9 Å². The third-order valence-corrected chi connectivity index (χ3v) is 5.96. The van der Waals surface area contributed by atoms with Crippen LogP contribution in [0.2, 0.25) is 0 Å². The first kappa shape index (κ1) is 17.9. The average molecular weight is 377 g/mol. The molecule has 1 saturated heterocycles. The predicted molar refractivity (Wildman–Crippen MR) is 91.8 cm³/mol. The number of nitrogens with zero attached hydrogens (tertiary/aromatic N) is 3. The van der Waals surface area contributed by atoms with Crippen LogP contribution in [0.15, 0.2) is 30.5 Å². The molecule has 2 heterocycles. The molecule has 1 unspecified atom stereocenters. The number of hydrogen-bond donors (Lipinski definition) is 2. The molecular weight excluding hydrogens is 361 g/mol. The molecular formula is C16H16FN5O3S. The highest BCUT2D eigenvalue weighted by atomic mass is 32.2. The zero-order chi connectivity index (χ0) is 18.9. The third kappa shape index (κ3) is 3.67. The smallest absolute Gasteiger partial charge is 0.254 e. The van der Waals surface area contributed by atoms with Crippen LogP contribution >= 0.6 is 0 Å². The van der Waals surface area contributed by atoms with Crippen molar-refractivity contribution >= 4 is 27.2 Å². The first-order valence-electron chi connectivity index (χ1n) is 7.80. The number of carbonyl (C=O) groups excluding carboxylic acids is 1. The predicted octanol–water partition coefficient (Wildman–Crippen LogP) is 1.36. The highest BCUT2D eigenvalue weighted by Gasteiger charge is 2.35. The lowest BCUT2D eigenvalue weighted by molar-refractivity contribution is 0.100. The van der Waals surface area contributed by atoms with Gasteiger partial charge < -0.3 is 11.1 Å². The van der Waals surface area contributed by atoms with E-state index in [0.717, 1.165) is 0 Å². The van der Waals surface area contributed by atoms with E-state index in [1.807, 2.05) is 6.07 Å². The number of rotatable bonds is 4. The first-order valence-corrected chi connectivity index (χ1v) is 9.63. The maximum absolute atomic E-state index is 13.0. The summed E-state index contributed by atoms with van der Waals surface area (Å²) in [6.07, 6.45) is 1.62. The number of nitrogens with one attached hydrogen (secondary N) is 1. The van der Waals surface area contributed by atoms with Crippen molar-refractivity contribution in [3.8, 4) is 6.07 Å². The summed E-state index contributed by atoms with van der Waals surface area (Å²) >= 11 is 0. The van der Waals surface area contributed by atoms with E-state index >= 15 is 0 Å². The number of halogens is 1. The standard InChI is InChI=1S/C16H16FN5O3S/c17-11-1-3-12(4-2-11)20-16-13(15(19)23)8-22(21-16)14-5-6-26(24,25)9-10(14)7-18/h1-4,8,10,14H,5-6,9H2,(H2,19,23)(H,20,21)/t10?,14-/m1/s1. The van der Waals surface area contributed by atoms with Gasteiger partial charge in [-0.3, -0.25) is 9.48 Å². The van der Waals surface area contributed by atoms with Crippen molar-refractivity contribution in [2.45, 2.75) is 12.5 Å². The molecule has 0 saturated carbocycles. The van der Waals surface area contributed by atoms with E-state index in [4.69, 9.17) is 5.73 Å². The first-order chi connectivity index (χ1) is 12.3. The zero-order valence-corrected chi connectivity index (χ0v) is 14.4. The Labute approximate surface area is 149 Å². The average Bonchev–Trinajstić information content (AvgIpc) is 3.00. The van der Waals surface area contributed by atoms with Crippen molar-refractivity contribution in [2.75, 3.05) is 16.8 Å². The number of primary amides is 1. The summed E-state index contributed by atoms with van der Waals surface area (Å²) in [5, 5.41) is 16.5. The van der Waals surface area contributed by atoms with Gasteiger partial charge in [-0.05, 0) is 30.7 Å². The number of aromatic nitrogens is 2. The Morgan fingerprint density at radius 2 is 2.08 bits per heavy atom. The molecule has 0 aliphatic carbocycles. The normalized spacial score (nSPS) is 21.7. The van der Waals surface area contributed by atoms with E-state index in [-0.39, 0.29) is 29.3 Å². The molecule has 10 heteroatoms. The maximum atomic E-state index is 13.0. The van der Waals surface area contributed by atoms with E-state index in [1.165, 1.54) is 35.1 Å². The lowest BCUT2D eigenvalue weighted by Crippen LogP contribution is -2.34. The summed E-state index contributed by atoms with van der Waals surface area (Å²) in [5.41, 5.74) is 5.99. The number of nitriles is 1. The van der Waals surface area contributed by atoms with Gasteiger partial charge in [0, 0.05) is 11.9 Å². The van der Waals surface area contributed by atoms with Gasteiger partial charge in [0.15, 0.2) is 15.7 Å². The van der Waals surface area contributed by atoms with E-state index in [0.29, 0.717) is 5.69 Å². The fourth-order valence-electron chi connectivity index (χ4n) is 2.91. The fraction of sp³-hybridized carbons (Fsp3) is 0.312. The number of hydrogen-bond acceptors (Lipinski definition) is 6. The van der Waals surface area contributed by atoms with Crippen molar-refractivity contribution < 1.29 is 17.6 Å². The molecule has 1 aliphatic rings. The summed E-state index contributed by atoms with van der Waals surface area (Å²) in [5.74, 6) is -2.04. The summed E-state index contributed by atoms with van der Waals surface area (Å²) in [6.45, 7) is 0. The molecule has 1 fully saturated rings. The van der Waals surface area contributed by atoms with Crippen LogP contribution in [0, 0.1) is 23.1 Å². The molecule has 1 aliphatic heterocycles. The van der Waals surface area contributed by atoms with Gasteiger partial charge in [-0.1, -0.05) is 0 Å². The molecule has 2 atom stereocenters. The Kier molecular flexibility index (Phi) is 4.65. The minimum atomic E-state index is -3.26. The molecule has 3 rings (SSSR count). The Morgan fingerprint density at radius 3 is 2.69 bits per heavy atom. The van der Waals surface area contributed by atoms with Gasteiger partial charge in [-0.15, -0.1) is 0 Å². The zero-order valence-electron chi connectivity index (χ0n) is 13.6. The van der Waals surface area contributed by atoms with Crippen LogP contribution in [0.1, 0.15) is 22.8 Å². The topological polar surface area (TPSA) is 131 Å². The quantitative estimate of drug-likeness (QED) is 0.827. The number of sulfone groups is 1. The second-order valence-corrected chi connectivity index (χ2v) is 8.30. The Bertz CT molecular complexity index is 978. The number of nitrogens with two attached hydrogens (primary N) is 1. The fourth-order valence-corrected chi connectivity index (χ4v) is 4.52. The van der Waals surface area contributed by atoms with Gasteiger partial charge in [0.2, 0.25) is 0 Å². The van der Waals surface area contributed by atoms with Crippen LogP contribution in [-0.4, -0.2) is 35.6 Å². The molecule has 0 bridgehead atoms. The minimum Gasteiger partial charge on any atom is -0.365 e. The molecule has 2 aromatic rings. The van der Waals surface area contributed by atoms with E-state index < -0.39 is 33.5 Å².